The Morgan fingerprint density at radius 1 is 1.11 bits per heavy atom. The van der Waals surface area contributed by atoms with Gasteiger partial charge in [0.2, 0.25) is 0 Å². The van der Waals surface area contributed by atoms with Crippen LogP contribution in [0.15, 0.2) is 54.4 Å². The molecular weight excluding hydrogens is 244 g/mol. The zero-order valence-electron chi connectivity index (χ0n) is 9.96. The molecule has 0 unspecified atom stereocenters. The molecule has 1 heterocycles. The van der Waals surface area contributed by atoms with Crippen molar-refractivity contribution >= 4 is 18.0 Å². The highest BCUT2D eigenvalue weighted by Crippen LogP contribution is 2.05. The maximum absolute atomic E-state index is 11.9. The number of aromatic nitrogens is 1. The number of aliphatic carboxylic acids is 1. The highest BCUT2D eigenvalue weighted by atomic mass is 16.4. The summed E-state index contributed by atoms with van der Waals surface area (Å²) in [6.45, 7) is 0. The van der Waals surface area contributed by atoms with E-state index in [2.05, 4.69) is 10.3 Å². The average Bonchev–Trinajstić information content (AvgIpc) is 2.91. The Labute approximate surface area is 109 Å². The maximum Gasteiger partial charge on any atom is 0.352 e. The molecule has 19 heavy (non-hydrogen) atoms. The van der Waals surface area contributed by atoms with Gasteiger partial charge < -0.3 is 15.4 Å². The second-order valence-electron chi connectivity index (χ2n) is 3.81. The molecule has 0 fully saturated rings. The smallest absolute Gasteiger partial charge is 0.352 e. The number of rotatable bonds is 4. The van der Waals surface area contributed by atoms with E-state index < -0.39 is 11.9 Å². The molecule has 1 aromatic carbocycles. The Morgan fingerprint density at radius 3 is 2.42 bits per heavy atom. The molecule has 0 aliphatic rings. The summed E-state index contributed by atoms with van der Waals surface area (Å²) >= 11 is 0. The molecule has 0 saturated heterocycles. The lowest BCUT2D eigenvalue weighted by atomic mass is 10.2. The van der Waals surface area contributed by atoms with Crippen LogP contribution in [0.2, 0.25) is 0 Å². The zero-order chi connectivity index (χ0) is 13.7. The van der Waals surface area contributed by atoms with Gasteiger partial charge in [-0.2, -0.15) is 0 Å². The number of hydrogen-bond acceptors (Lipinski definition) is 2. The molecule has 1 aromatic heterocycles. The lowest BCUT2D eigenvalue weighted by Gasteiger charge is -2.05. The summed E-state index contributed by atoms with van der Waals surface area (Å²) < 4.78 is 0. The number of hydrogen-bond donors (Lipinski definition) is 3. The van der Waals surface area contributed by atoms with Crippen LogP contribution in [0.5, 0.6) is 0 Å². The first-order valence-corrected chi connectivity index (χ1v) is 5.61. The molecule has 2 rings (SSSR count). The van der Waals surface area contributed by atoms with Gasteiger partial charge >= 0.3 is 5.97 Å². The molecule has 0 radical (unpaired) electrons. The molecule has 0 saturated carbocycles. The average molecular weight is 256 g/mol. The molecule has 0 aliphatic carbocycles. The first-order chi connectivity index (χ1) is 9.16. The third kappa shape index (κ3) is 3.32. The predicted octanol–water partition coefficient (Wildman–Crippen LogP) is 1.87. The minimum absolute atomic E-state index is 0.184. The van der Waals surface area contributed by atoms with Crippen LogP contribution in [0.4, 0.5) is 0 Å². The highest BCUT2D eigenvalue weighted by Gasteiger charge is 2.13. The van der Waals surface area contributed by atoms with Gasteiger partial charge in [-0.3, -0.25) is 4.79 Å². The summed E-state index contributed by atoms with van der Waals surface area (Å²) in [6, 6.07) is 11.9. The van der Waals surface area contributed by atoms with E-state index >= 15 is 0 Å². The second kappa shape index (κ2) is 5.68. The molecule has 0 spiro atoms. The molecule has 0 aliphatic heterocycles. The van der Waals surface area contributed by atoms with E-state index in [4.69, 9.17) is 5.11 Å². The minimum Gasteiger partial charge on any atom is -0.477 e. The van der Waals surface area contributed by atoms with Gasteiger partial charge in [-0.25, -0.2) is 4.79 Å². The van der Waals surface area contributed by atoms with Gasteiger partial charge in [-0.15, -0.1) is 0 Å². The fraction of sp³-hybridized carbons (Fsp3) is 0. The summed E-state index contributed by atoms with van der Waals surface area (Å²) in [5.41, 5.74) is 0.822. The van der Waals surface area contributed by atoms with Crippen molar-refractivity contribution in [2.75, 3.05) is 0 Å². The highest BCUT2D eigenvalue weighted by molar-refractivity contribution is 6.02. The lowest BCUT2D eigenvalue weighted by Crippen LogP contribution is -2.27. The van der Waals surface area contributed by atoms with E-state index in [1.54, 1.807) is 48.7 Å². The second-order valence-corrected chi connectivity index (χ2v) is 3.81. The zero-order valence-corrected chi connectivity index (χ0v) is 9.96. The number of amides is 1. The van der Waals surface area contributed by atoms with Gasteiger partial charge in [0, 0.05) is 17.5 Å². The molecule has 1 amide bonds. The number of benzene rings is 1. The Kier molecular flexibility index (Phi) is 3.78. The van der Waals surface area contributed by atoms with Crippen LogP contribution in [-0.2, 0) is 4.79 Å². The summed E-state index contributed by atoms with van der Waals surface area (Å²) in [5, 5.41) is 11.4. The van der Waals surface area contributed by atoms with Gasteiger partial charge in [0.15, 0.2) is 0 Å². The van der Waals surface area contributed by atoms with E-state index in [9.17, 15) is 9.59 Å². The van der Waals surface area contributed by atoms with Crippen molar-refractivity contribution < 1.29 is 14.7 Å². The minimum atomic E-state index is -1.20. The Balaban J connectivity index is 2.19. The predicted molar refractivity (Wildman–Crippen MR) is 70.3 cm³/mol. The van der Waals surface area contributed by atoms with Crippen molar-refractivity contribution in [3.63, 3.8) is 0 Å². The number of carbonyl (C=O) groups is 2. The Bertz CT molecular complexity index is 601. The lowest BCUT2D eigenvalue weighted by molar-refractivity contribution is -0.132. The van der Waals surface area contributed by atoms with Gasteiger partial charge in [-0.1, -0.05) is 18.2 Å². The normalized spacial score (nSPS) is 11.1. The third-order valence-electron chi connectivity index (χ3n) is 2.44. The number of carboxylic acid groups (broad SMARTS) is 1. The van der Waals surface area contributed by atoms with Gasteiger partial charge in [0.05, 0.1) is 0 Å². The summed E-state index contributed by atoms with van der Waals surface area (Å²) in [4.78, 5) is 25.8. The van der Waals surface area contributed by atoms with E-state index in [-0.39, 0.29) is 5.70 Å². The van der Waals surface area contributed by atoms with Crippen molar-refractivity contribution in [3.8, 4) is 0 Å². The van der Waals surface area contributed by atoms with Crippen molar-refractivity contribution in [1.82, 2.24) is 10.3 Å². The van der Waals surface area contributed by atoms with Gasteiger partial charge in [-0.05, 0) is 30.3 Å². The first-order valence-electron chi connectivity index (χ1n) is 5.61. The molecule has 5 heteroatoms. The monoisotopic (exact) mass is 256 g/mol. The number of carboxylic acids is 1. The topological polar surface area (TPSA) is 82.2 Å². The fourth-order valence-electron chi connectivity index (χ4n) is 1.52. The number of aromatic amines is 1. The number of H-pyrrole nitrogens is 1. The summed E-state index contributed by atoms with van der Waals surface area (Å²) in [7, 11) is 0. The van der Waals surface area contributed by atoms with Crippen molar-refractivity contribution in [1.29, 1.82) is 0 Å². The van der Waals surface area contributed by atoms with Crippen LogP contribution in [-0.4, -0.2) is 22.0 Å². The van der Waals surface area contributed by atoms with Crippen LogP contribution < -0.4 is 5.32 Å². The molecule has 96 valence electrons. The SMILES string of the molecule is O=C(O)/C(=C\c1ccc[nH]1)NC(=O)c1ccccc1. The Hall–Kier alpha value is -2.82. The molecule has 2 aromatic rings. The van der Waals surface area contributed by atoms with E-state index in [0.717, 1.165) is 0 Å². The Morgan fingerprint density at radius 2 is 1.84 bits per heavy atom. The van der Waals surface area contributed by atoms with E-state index in [0.29, 0.717) is 11.3 Å². The van der Waals surface area contributed by atoms with Gasteiger partial charge in [0.1, 0.15) is 5.70 Å². The maximum atomic E-state index is 11.9. The molecule has 5 nitrogen and oxygen atoms in total. The van der Waals surface area contributed by atoms with Crippen LogP contribution in [0.3, 0.4) is 0 Å². The van der Waals surface area contributed by atoms with Crippen molar-refractivity contribution in [3.05, 3.63) is 65.6 Å². The quantitative estimate of drug-likeness (QED) is 0.730. The van der Waals surface area contributed by atoms with Crippen molar-refractivity contribution in [2.24, 2.45) is 0 Å². The molecule has 0 atom stereocenters. The standard InChI is InChI=1S/C14H12N2O3/c17-13(10-5-2-1-3-6-10)16-12(14(18)19)9-11-7-4-8-15-11/h1-9,15H,(H,16,17)(H,18,19)/b12-9+. The number of carbonyl (C=O) groups excluding carboxylic acids is 1. The van der Waals surface area contributed by atoms with Crippen LogP contribution >= 0.6 is 0 Å². The van der Waals surface area contributed by atoms with E-state index in [1.807, 2.05) is 0 Å². The summed E-state index contributed by atoms with van der Waals surface area (Å²) in [5.74, 6) is -1.65. The fourth-order valence-corrected chi connectivity index (χ4v) is 1.52. The molecule has 3 N–H and O–H groups in total. The molecular formula is C14H12N2O3. The van der Waals surface area contributed by atoms with Crippen molar-refractivity contribution in [2.45, 2.75) is 0 Å². The van der Waals surface area contributed by atoms with Crippen LogP contribution in [0, 0.1) is 0 Å². The molecule has 0 bridgehead atoms. The van der Waals surface area contributed by atoms with Crippen LogP contribution in [0.25, 0.3) is 6.08 Å². The number of nitrogens with one attached hydrogen (secondary N) is 2. The largest absolute Gasteiger partial charge is 0.477 e. The summed E-state index contributed by atoms with van der Waals surface area (Å²) in [6.07, 6.45) is 3.04. The third-order valence-corrected chi connectivity index (χ3v) is 2.44. The van der Waals surface area contributed by atoms with Crippen LogP contribution in [0.1, 0.15) is 16.1 Å². The van der Waals surface area contributed by atoms with Gasteiger partial charge in [0.25, 0.3) is 5.91 Å². The van der Waals surface area contributed by atoms with E-state index in [1.165, 1.54) is 6.08 Å². The first kappa shape index (κ1) is 12.6.